The molecule has 0 spiro atoms. The molecule has 1 amide bonds. The molecule has 2 aromatic carbocycles. The van der Waals surface area contributed by atoms with E-state index in [1.807, 2.05) is 30.3 Å². The number of nitrogens with one attached hydrogen (secondary N) is 1. The molecule has 22 heavy (non-hydrogen) atoms. The van der Waals surface area contributed by atoms with Gasteiger partial charge in [0.2, 0.25) is 5.91 Å². The lowest BCUT2D eigenvalue weighted by molar-refractivity contribution is -0.118. The fourth-order valence-electron chi connectivity index (χ4n) is 2.10. The third-order valence-corrected chi connectivity index (χ3v) is 4.21. The lowest BCUT2D eigenvalue weighted by atomic mass is 10.2. The minimum absolute atomic E-state index is 0.0560. The molecule has 116 valence electrons. The average Bonchev–Trinajstić information content (AvgIpc) is 2.53. The largest absolute Gasteiger partial charge is 0.497 e. The first kappa shape index (κ1) is 16.4. The first-order valence-electron chi connectivity index (χ1n) is 7.20. The molecule has 0 aromatic heterocycles. The van der Waals surface area contributed by atoms with Crippen molar-refractivity contribution in [3.8, 4) is 5.75 Å². The van der Waals surface area contributed by atoms with Crippen LogP contribution in [-0.4, -0.2) is 18.8 Å². The van der Waals surface area contributed by atoms with E-state index in [1.165, 1.54) is 11.1 Å². The molecule has 0 saturated heterocycles. The molecule has 0 aliphatic heterocycles. The van der Waals surface area contributed by atoms with Crippen LogP contribution in [-0.2, 0) is 17.1 Å². The van der Waals surface area contributed by atoms with Gasteiger partial charge in [-0.2, -0.15) is 0 Å². The van der Waals surface area contributed by atoms with E-state index in [0.717, 1.165) is 17.1 Å². The van der Waals surface area contributed by atoms with Gasteiger partial charge in [0.15, 0.2) is 0 Å². The number of hydrogen-bond donors (Lipinski definition) is 1. The number of amides is 1. The highest BCUT2D eigenvalue weighted by Gasteiger charge is 2.03. The number of carbonyl (C=O) groups is 1. The van der Waals surface area contributed by atoms with Gasteiger partial charge in [0.05, 0.1) is 12.9 Å². The van der Waals surface area contributed by atoms with E-state index in [0.29, 0.717) is 12.3 Å². The molecule has 0 radical (unpaired) electrons. The van der Waals surface area contributed by atoms with Crippen molar-refractivity contribution < 1.29 is 9.53 Å². The number of rotatable bonds is 7. The third kappa shape index (κ3) is 5.45. The summed E-state index contributed by atoms with van der Waals surface area (Å²) in [5.74, 6) is 2.19. The number of ether oxygens (including phenoxy) is 1. The van der Waals surface area contributed by atoms with Gasteiger partial charge < -0.3 is 10.1 Å². The molecule has 0 unspecified atom stereocenters. The van der Waals surface area contributed by atoms with Gasteiger partial charge in [0.25, 0.3) is 0 Å². The Morgan fingerprint density at radius 3 is 2.68 bits per heavy atom. The van der Waals surface area contributed by atoms with E-state index in [4.69, 9.17) is 4.74 Å². The molecule has 0 heterocycles. The summed E-state index contributed by atoms with van der Waals surface area (Å²) < 4.78 is 5.17. The summed E-state index contributed by atoms with van der Waals surface area (Å²) in [6.07, 6.45) is 0. The summed E-state index contributed by atoms with van der Waals surface area (Å²) in [7, 11) is 1.64. The Bertz CT molecular complexity index is 628. The lowest BCUT2D eigenvalue weighted by Crippen LogP contribution is -2.24. The number of hydrogen-bond acceptors (Lipinski definition) is 3. The number of benzene rings is 2. The first-order chi connectivity index (χ1) is 10.7. The van der Waals surface area contributed by atoms with Crippen molar-refractivity contribution in [2.45, 2.75) is 19.2 Å². The highest BCUT2D eigenvalue weighted by molar-refractivity contribution is 7.99. The van der Waals surface area contributed by atoms with Crippen molar-refractivity contribution in [2.75, 3.05) is 12.9 Å². The summed E-state index contributed by atoms with van der Waals surface area (Å²) in [4.78, 5) is 11.9. The van der Waals surface area contributed by atoms with Gasteiger partial charge in [-0.3, -0.25) is 4.79 Å². The topological polar surface area (TPSA) is 38.3 Å². The molecule has 2 rings (SSSR count). The second-order valence-electron chi connectivity index (χ2n) is 5.11. The predicted molar refractivity (Wildman–Crippen MR) is 92.2 cm³/mol. The van der Waals surface area contributed by atoms with E-state index in [-0.39, 0.29) is 5.91 Å². The van der Waals surface area contributed by atoms with E-state index in [2.05, 4.69) is 30.4 Å². The maximum atomic E-state index is 11.9. The molecule has 0 bridgehead atoms. The van der Waals surface area contributed by atoms with Crippen LogP contribution in [0.3, 0.4) is 0 Å². The van der Waals surface area contributed by atoms with Gasteiger partial charge in [0.1, 0.15) is 5.75 Å². The van der Waals surface area contributed by atoms with Gasteiger partial charge in [-0.15, -0.1) is 11.8 Å². The van der Waals surface area contributed by atoms with Crippen LogP contribution >= 0.6 is 11.8 Å². The zero-order chi connectivity index (χ0) is 15.8. The zero-order valence-corrected chi connectivity index (χ0v) is 13.8. The quantitative estimate of drug-likeness (QED) is 0.849. The molecule has 3 nitrogen and oxygen atoms in total. The highest BCUT2D eigenvalue weighted by atomic mass is 32.2. The second kappa shape index (κ2) is 8.49. The fraction of sp³-hybridized carbons (Fsp3) is 0.278. The van der Waals surface area contributed by atoms with Gasteiger partial charge in [-0.05, 0) is 30.2 Å². The van der Waals surface area contributed by atoms with E-state index in [9.17, 15) is 4.79 Å². The molecule has 2 aromatic rings. The van der Waals surface area contributed by atoms with Crippen LogP contribution in [0, 0.1) is 6.92 Å². The van der Waals surface area contributed by atoms with Crippen molar-refractivity contribution >= 4 is 17.7 Å². The molecule has 4 heteroatoms. The van der Waals surface area contributed by atoms with Crippen molar-refractivity contribution in [3.05, 3.63) is 65.2 Å². The van der Waals surface area contributed by atoms with Crippen molar-refractivity contribution in [2.24, 2.45) is 0 Å². The fourth-order valence-corrected chi connectivity index (χ4v) is 2.90. The minimum atomic E-state index is 0.0560. The molecule has 0 atom stereocenters. The number of methoxy groups -OCH3 is 1. The normalized spacial score (nSPS) is 10.3. The molecule has 0 aliphatic carbocycles. The van der Waals surface area contributed by atoms with Crippen LogP contribution in [0.4, 0.5) is 0 Å². The maximum absolute atomic E-state index is 11.9. The average molecular weight is 315 g/mol. The molecule has 0 fully saturated rings. The summed E-state index contributed by atoms with van der Waals surface area (Å²) in [5.41, 5.74) is 3.54. The van der Waals surface area contributed by atoms with Crippen molar-refractivity contribution in [1.29, 1.82) is 0 Å². The van der Waals surface area contributed by atoms with Gasteiger partial charge in [-0.25, -0.2) is 0 Å². The smallest absolute Gasteiger partial charge is 0.230 e. The van der Waals surface area contributed by atoms with Gasteiger partial charge in [-0.1, -0.05) is 42.0 Å². The molecular formula is C18H21NO2S. The Morgan fingerprint density at radius 1 is 1.14 bits per heavy atom. The van der Waals surface area contributed by atoms with Crippen LogP contribution < -0.4 is 10.1 Å². The Kier molecular flexibility index (Phi) is 6.34. The SMILES string of the molecule is COc1cccc(CNC(=O)CSCc2cccc(C)c2)c1. The Hall–Kier alpha value is -1.94. The highest BCUT2D eigenvalue weighted by Crippen LogP contribution is 2.14. The van der Waals surface area contributed by atoms with Gasteiger partial charge in [0, 0.05) is 12.3 Å². The first-order valence-corrected chi connectivity index (χ1v) is 8.36. The predicted octanol–water partition coefficient (Wildman–Crippen LogP) is 3.55. The molecule has 0 aliphatic rings. The van der Waals surface area contributed by atoms with Crippen LogP contribution in [0.15, 0.2) is 48.5 Å². The summed E-state index contributed by atoms with van der Waals surface area (Å²) >= 11 is 1.63. The van der Waals surface area contributed by atoms with E-state index >= 15 is 0 Å². The molecule has 0 saturated carbocycles. The minimum Gasteiger partial charge on any atom is -0.497 e. The Balaban J connectivity index is 1.71. The van der Waals surface area contributed by atoms with Crippen molar-refractivity contribution in [1.82, 2.24) is 5.32 Å². The second-order valence-corrected chi connectivity index (χ2v) is 6.10. The Morgan fingerprint density at radius 2 is 1.91 bits per heavy atom. The zero-order valence-electron chi connectivity index (χ0n) is 13.0. The van der Waals surface area contributed by atoms with Crippen LogP contribution in [0.5, 0.6) is 5.75 Å². The van der Waals surface area contributed by atoms with Crippen molar-refractivity contribution in [3.63, 3.8) is 0 Å². The third-order valence-electron chi connectivity index (χ3n) is 3.21. The van der Waals surface area contributed by atoms with Crippen LogP contribution in [0.2, 0.25) is 0 Å². The molecular weight excluding hydrogens is 294 g/mol. The summed E-state index contributed by atoms with van der Waals surface area (Å²) in [6, 6.07) is 16.1. The summed E-state index contributed by atoms with van der Waals surface area (Å²) in [5, 5.41) is 2.93. The van der Waals surface area contributed by atoms with Crippen LogP contribution in [0.25, 0.3) is 0 Å². The van der Waals surface area contributed by atoms with Gasteiger partial charge >= 0.3 is 0 Å². The lowest BCUT2D eigenvalue weighted by Gasteiger charge is -2.07. The summed E-state index contributed by atoms with van der Waals surface area (Å²) in [6.45, 7) is 2.61. The number of aryl methyl sites for hydroxylation is 1. The number of thioether (sulfide) groups is 1. The van der Waals surface area contributed by atoms with Crippen LogP contribution in [0.1, 0.15) is 16.7 Å². The monoisotopic (exact) mass is 315 g/mol. The Labute approximate surface area is 136 Å². The maximum Gasteiger partial charge on any atom is 0.230 e. The van der Waals surface area contributed by atoms with E-state index in [1.54, 1.807) is 18.9 Å². The molecule has 1 N–H and O–H groups in total. The van der Waals surface area contributed by atoms with E-state index < -0.39 is 0 Å². The standard InChI is InChI=1S/C18H21NO2S/c1-14-5-3-7-16(9-14)12-22-13-18(20)19-11-15-6-4-8-17(10-15)21-2/h3-10H,11-13H2,1-2H3,(H,19,20). The number of carbonyl (C=O) groups excluding carboxylic acids is 1.